The van der Waals surface area contributed by atoms with Gasteiger partial charge in [0, 0.05) is 31.0 Å². The van der Waals surface area contributed by atoms with Crippen molar-refractivity contribution in [2.24, 2.45) is 0 Å². The Morgan fingerprint density at radius 2 is 2.04 bits per heavy atom. The molecule has 0 aliphatic carbocycles. The lowest BCUT2D eigenvalue weighted by Gasteiger charge is -2.31. The fourth-order valence-electron chi connectivity index (χ4n) is 2.49. The lowest BCUT2D eigenvalue weighted by Crippen LogP contribution is -2.41. The molecule has 1 aromatic carbocycles. The van der Waals surface area contributed by atoms with E-state index >= 15 is 0 Å². The molecule has 0 atom stereocenters. The van der Waals surface area contributed by atoms with Crippen molar-refractivity contribution < 1.29 is 9.53 Å². The lowest BCUT2D eigenvalue weighted by molar-refractivity contribution is 0.0600. The summed E-state index contributed by atoms with van der Waals surface area (Å²) in [5.74, 6) is 0.902. The Morgan fingerprint density at radius 1 is 1.35 bits per heavy atom. The molecule has 1 saturated heterocycles. The third-order valence-electron chi connectivity index (χ3n) is 3.72. The SMILES string of the molecule is CSc1ncc(C(=O)N2CCC(Oc3ccc(Cl)cc3)CC2)s1. The molecule has 0 bridgehead atoms. The van der Waals surface area contributed by atoms with Crippen LogP contribution in [0.3, 0.4) is 0 Å². The number of nitrogens with zero attached hydrogens (tertiary/aromatic N) is 2. The van der Waals surface area contributed by atoms with Gasteiger partial charge < -0.3 is 9.64 Å². The molecule has 0 unspecified atom stereocenters. The molecule has 122 valence electrons. The van der Waals surface area contributed by atoms with Crippen molar-refractivity contribution in [2.75, 3.05) is 19.3 Å². The van der Waals surface area contributed by atoms with E-state index in [4.69, 9.17) is 16.3 Å². The Balaban J connectivity index is 1.53. The molecular weight excluding hydrogens is 352 g/mol. The van der Waals surface area contributed by atoms with Crippen molar-refractivity contribution in [1.82, 2.24) is 9.88 Å². The van der Waals surface area contributed by atoms with Gasteiger partial charge in [0.1, 0.15) is 21.1 Å². The fraction of sp³-hybridized carbons (Fsp3) is 0.375. The Bertz CT molecular complexity index is 667. The number of ether oxygens (including phenoxy) is 1. The maximum absolute atomic E-state index is 12.5. The van der Waals surface area contributed by atoms with Gasteiger partial charge in [-0.25, -0.2) is 4.98 Å². The van der Waals surface area contributed by atoms with Crippen LogP contribution in [0, 0.1) is 0 Å². The predicted octanol–water partition coefficient (Wildman–Crippen LogP) is 4.20. The Hall–Kier alpha value is -1.24. The summed E-state index contributed by atoms with van der Waals surface area (Å²) in [7, 11) is 0. The highest BCUT2D eigenvalue weighted by molar-refractivity contribution is 8.00. The molecule has 0 spiro atoms. The Labute approximate surface area is 148 Å². The van der Waals surface area contributed by atoms with Crippen molar-refractivity contribution in [3.8, 4) is 5.75 Å². The maximum Gasteiger partial charge on any atom is 0.265 e. The van der Waals surface area contributed by atoms with Gasteiger partial charge >= 0.3 is 0 Å². The van der Waals surface area contributed by atoms with Crippen LogP contribution in [0.4, 0.5) is 0 Å². The summed E-state index contributed by atoms with van der Waals surface area (Å²) < 4.78 is 6.88. The van der Waals surface area contributed by atoms with Crippen LogP contribution in [0.15, 0.2) is 34.8 Å². The first kappa shape index (κ1) is 16.6. The Kier molecular flexibility index (Phi) is 5.46. The van der Waals surface area contributed by atoms with Gasteiger partial charge in [-0.05, 0) is 30.5 Å². The first-order valence-electron chi connectivity index (χ1n) is 7.37. The minimum atomic E-state index is 0.0766. The number of amides is 1. The molecule has 1 aliphatic heterocycles. The van der Waals surface area contributed by atoms with Gasteiger partial charge in [0.2, 0.25) is 0 Å². The van der Waals surface area contributed by atoms with E-state index in [2.05, 4.69) is 4.98 Å². The average Bonchev–Trinajstić information content (AvgIpc) is 3.06. The van der Waals surface area contributed by atoms with E-state index in [9.17, 15) is 4.79 Å². The molecule has 1 aromatic heterocycles. The molecule has 4 nitrogen and oxygen atoms in total. The number of thiazole rings is 1. The highest BCUT2D eigenvalue weighted by Crippen LogP contribution is 2.25. The molecular formula is C16H17ClN2O2S2. The van der Waals surface area contributed by atoms with Crippen molar-refractivity contribution in [3.63, 3.8) is 0 Å². The molecule has 2 heterocycles. The lowest BCUT2D eigenvalue weighted by atomic mass is 10.1. The van der Waals surface area contributed by atoms with E-state index < -0.39 is 0 Å². The highest BCUT2D eigenvalue weighted by Gasteiger charge is 2.25. The van der Waals surface area contributed by atoms with E-state index in [0.717, 1.165) is 22.9 Å². The van der Waals surface area contributed by atoms with E-state index in [-0.39, 0.29) is 12.0 Å². The van der Waals surface area contributed by atoms with E-state index in [1.807, 2.05) is 35.4 Å². The number of piperidine rings is 1. The minimum Gasteiger partial charge on any atom is -0.490 e. The smallest absolute Gasteiger partial charge is 0.265 e. The molecule has 1 amide bonds. The van der Waals surface area contributed by atoms with Gasteiger partial charge in [-0.1, -0.05) is 23.4 Å². The maximum atomic E-state index is 12.5. The second kappa shape index (κ2) is 7.55. The van der Waals surface area contributed by atoms with Gasteiger partial charge in [-0.15, -0.1) is 11.3 Å². The van der Waals surface area contributed by atoms with Gasteiger partial charge in [0.25, 0.3) is 5.91 Å². The van der Waals surface area contributed by atoms with Gasteiger partial charge in [-0.3, -0.25) is 4.79 Å². The number of hydrogen-bond acceptors (Lipinski definition) is 5. The third-order valence-corrected chi connectivity index (χ3v) is 5.95. The largest absolute Gasteiger partial charge is 0.490 e. The number of carbonyl (C=O) groups is 1. The number of benzene rings is 1. The first-order valence-corrected chi connectivity index (χ1v) is 9.79. The van der Waals surface area contributed by atoms with Crippen LogP contribution in [0.2, 0.25) is 5.02 Å². The number of thioether (sulfide) groups is 1. The van der Waals surface area contributed by atoms with Gasteiger partial charge in [0.05, 0.1) is 6.20 Å². The van der Waals surface area contributed by atoms with E-state index in [1.54, 1.807) is 18.0 Å². The van der Waals surface area contributed by atoms with Crippen LogP contribution in [0.1, 0.15) is 22.5 Å². The number of hydrogen-bond donors (Lipinski definition) is 0. The van der Waals surface area contributed by atoms with Crippen LogP contribution >= 0.6 is 34.7 Å². The fourth-order valence-corrected chi connectivity index (χ4v) is 3.99. The van der Waals surface area contributed by atoms with Crippen molar-refractivity contribution >= 4 is 40.6 Å². The second-order valence-corrected chi connectivity index (χ2v) is 7.78. The minimum absolute atomic E-state index is 0.0766. The van der Waals surface area contributed by atoms with Crippen LogP contribution in [-0.4, -0.2) is 41.2 Å². The molecule has 1 fully saturated rings. The van der Waals surface area contributed by atoms with Crippen molar-refractivity contribution in [1.29, 1.82) is 0 Å². The van der Waals surface area contributed by atoms with Crippen LogP contribution in [0.5, 0.6) is 5.75 Å². The summed E-state index contributed by atoms with van der Waals surface area (Å²) in [5.41, 5.74) is 0. The zero-order valence-electron chi connectivity index (χ0n) is 12.7. The third kappa shape index (κ3) is 4.19. The monoisotopic (exact) mass is 368 g/mol. The van der Waals surface area contributed by atoms with Crippen molar-refractivity contribution in [2.45, 2.75) is 23.3 Å². The molecule has 23 heavy (non-hydrogen) atoms. The van der Waals surface area contributed by atoms with Crippen LogP contribution < -0.4 is 4.74 Å². The molecule has 3 rings (SSSR count). The summed E-state index contributed by atoms with van der Waals surface area (Å²) in [6, 6.07) is 7.40. The molecule has 0 N–H and O–H groups in total. The molecule has 2 aromatic rings. The summed E-state index contributed by atoms with van der Waals surface area (Å²) >= 11 is 8.89. The second-order valence-electron chi connectivity index (χ2n) is 5.26. The molecule has 0 radical (unpaired) electrons. The van der Waals surface area contributed by atoms with Gasteiger partial charge in [0.15, 0.2) is 0 Å². The molecule has 1 aliphatic rings. The summed E-state index contributed by atoms with van der Waals surface area (Å²) in [6.45, 7) is 1.42. The summed E-state index contributed by atoms with van der Waals surface area (Å²) in [6.07, 6.45) is 5.45. The van der Waals surface area contributed by atoms with E-state index in [0.29, 0.717) is 23.0 Å². The summed E-state index contributed by atoms with van der Waals surface area (Å²) in [4.78, 5) is 19.3. The van der Waals surface area contributed by atoms with Crippen LogP contribution in [-0.2, 0) is 0 Å². The topological polar surface area (TPSA) is 42.4 Å². The highest BCUT2D eigenvalue weighted by atomic mass is 35.5. The number of likely N-dealkylation sites (tertiary alicyclic amines) is 1. The van der Waals surface area contributed by atoms with Crippen LogP contribution in [0.25, 0.3) is 0 Å². The van der Waals surface area contributed by atoms with Crippen molar-refractivity contribution in [3.05, 3.63) is 40.4 Å². The normalized spacial score (nSPS) is 15.7. The van der Waals surface area contributed by atoms with Gasteiger partial charge in [-0.2, -0.15) is 0 Å². The zero-order chi connectivity index (χ0) is 16.2. The molecule has 0 saturated carbocycles. The standard InChI is InChI=1S/C16H17ClN2O2S2/c1-22-16-18-10-14(23-16)15(20)19-8-6-13(7-9-19)21-12-4-2-11(17)3-5-12/h2-5,10,13H,6-9H2,1H3. The average molecular weight is 369 g/mol. The Morgan fingerprint density at radius 3 is 2.65 bits per heavy atom. The number of carbonyl (C=O) groups excluding carboxylic acids is 1. The quantitative estimate of drug-likeness (QED) is 0.758. The number of rotatable bonds is 4. The van der Waals surface area contributed by atoms with E-state index in [1.165, 1.54) is 11.3 Å². The zero-order valence-corrected chi connectivity index (χ0v) is 15.1. The first-order chi connectivity index (χ1) is 11.2. The summed E-state index contributed by atoms with van der Waals surface area (Å²) in [5, 5.41) is 0.701. The predicted molar refractivity (Wildman–Crippen MR) is 94.9 cm³/mol. The molecule has 7 heteroatoms. The number of aromatic nitrogens is 1. The number of halogens is 1.